The molecule has 1 heterocycles. The van der Waals surface area contributed by atoms with Gasteiger partial charge in [0.15, 0.2) is 18.9 Å². The molecule has 0 aliphatic carbocycles. The van der Waals surface area contributed by atoms with E-state index in [1.807, 2.05) is 59.4 Å². The van der Waals surface area contributed by atoms with Crippen molar-refractivity contribution in [1.82, 2.24) is 5.43 Å². The van der Waals surface area contributed by atoms with Gasteiger partial charge in [-0.05, 0) is 30.0 Å². The Bertz CT molecular complexity index is 1140. The van der Waals surface area contributed by atoms with Crippen molar-refractivity contribution in [3.8, 4) is 0 Å². The number of alkyl halides is 4. The van der Waals surface area contributed by atoms with E-state index in [0.29, 0.717) is 18.4 Å². The number of carboxylic acids is 1. The second-order valence-electron chi connectivity index (χ2n) is 7.54. The highest BCUT2D eigenvalue weighted by Gasteiger charge is 2.63. The monoisotopic (exact) mass is 475 g/mol. The topological polar surface area (TPSA) is 85.1 Å². The summed E-state index contributed by atoms with van der Waals surface area (Å²) >= 11 is 0. The van der Waals surface area contributed by atoms with Gasteiger partial charge in [-0.3, -0.25) is 15.6 Å². The fourth-order valence-electron chi connectivity index (χ4n) is 3.17. The number of aryl methyl sites for hydroxylation is 2. The van der Waals surface area contributed by atoms with E-state index in [2.05, 4.69) is 5.43 Å². The number of aromatic nitrogens is 1. The first-order valence-corrected chi connectivity index (χ1v) is 10.2. The van der Waals surface area contributed by atoms with Crippen LogP contribution in [-0.4, -0.2) is 23.7 Å². The molecule has 0 fully saturated rings. The van der Waals surface area contributed by atoms with E-state index in [0.717, 1.165) is 17.7 Å². The number of nitrogens with one attached hydrogen (secondary N) is 2. The number of carbonyl (C=O) groups excluding carboxylic acids is 2. The first-order valence-electron chi connectivity index (χ1n) is 10.2. The standard InChI is InChI=1S/C24H21F4N3O3/c25-23(26,24(27,28)22(33)34)21(32)30-29-20-9-5-4-8-19(20)11-10-17-12-14-31(15-13-17)16-18-6-2-1-3-7-18/h1-9,12-15,29H,10-11,16H2,(H-,30,32,33,34). The van der Waals surface area contributed by atoms with Crippen LogP contribution in [0.2, 0.25) is 0 Å². The van der Waals surface area contributed by atoms with Crippen molar-refractivity contribution in [2.75, 3.05) is 5.43 Å². The highest BCUT2D eigenvalue weighted by atomic mass is 19.3. The number of anilines is 1. The fourth-order valence-corrected chi connectivity index (χ4v) is 3.17. The third-order valence-electron chi connectivity index (χ3n) is 5.12. The zero-order valence-electron chi connectivity index (χ0n) is 17.8. The molecule has 10 heteroatoms. The maximum atomic E-state index is 13.6. The first kappa shape index (κ1) is 24.7. The molecule has 0 saturated heterocycles. The van der Waals surface area contributed by atoms with Crippen molar-refractivity contribution in [3.05, 3.63) is 95.8 Å². The van der Waals surface area contributed by atoms with E-state index in [1.165, 1.54) is 11.5 Å². The van der Waals surface area contributed by atoms with E-state index in [4.69, 9.17) is 0 Å². The summed E-state index contributed by atoms with van der Waals surface area (Å²) in [5.41, 5.74) is 6.62. The number of hydrazine groups is 1. The van der Waals surface area contributed by atoms with Gasteiger partial charge in [0.2, 0.25) is 0 Å². The van der Waals surface area contributed by atoms with Crippen molar-refractivity contribution in [2.24, 2.45) is 0 Å². The summed E-state index contributed by atoms with van der Waals surface area (Å²) in [6.45, 7) is 0.717. The number of hydrogen-bond acceptors (Lipinski definition) is 4. The number of carboxylic acid groups (broad SMARTS) is 1. The molecular formula is C24H21F4N3O3. The Morgan fingerprint density at radius 1 is 0.794 bits per heavy atom. The van der Waals surface area contributed by atoms with Gasteiger partial charge in [-0.25, -0.2) is 4.57 Å². The third-order valence-corrected chi connectivity index (χ3v) is 5.12. The average molecular weight is 475 g/mol. The minimum atomic E-state index is -5.66. The van der Waals surface area contributed by atoms with E-state index in [1.54, 1.807) is 18.2 Å². The normalized spacial score (nSPS) is 11.6. The molecule has 34 heavy (non-hydrogen) atoms. The zero-order valence-corrected chi connectivity index (χ0v) is 17.8. The summed E-state index contributed by atoms with van der Waals surface area (Å²) in [7, 11) is 0. The van der Waals surface area contributed by atoms with Crippen LogP contribution in [0.3, 0.4) is 0 Å². The van der Waals surface area contributed by atoms with Crippen LogP contribution in [0.5, 0.6) is 0 Å². The maximum absolute atomic E-state index is 13.6. The van der Waals surface area contributed by atoms with E-state index in [9.17, 15) is 32.3 Å². The SMILES string of the molecule is O=C([O-])C(F)(F)C(F)(F)C(=O)NNc1ccccc1CCc1cc[n+](Cc2ccccc2)cc1. The number of nitrogens with zero attached hydrogens (tertiary/aromatic N) is 1. The van der Waals surface area contributed by atoms with E-state index >= 15 is 0 Å². The number of aliphatic carboxylic acids is 1. The summed E-state index contributed by atoms with van der Waals surface area (Å²) in [4.78, 5) is 21.8. The van der Waals surface area contributed by atoms with Crippen molar-refractivity contribution in [1.29, 1.82) is 0 Å². The summed E-state index contributed by atoms with van der Waals surface area (Å²) in [6.07, 6.45) is 4.91. The molecule has 0 bridgehead atoms. The Labute approximate surface area is 192 Å². The molecule has 2 N–H and O–H groups in total. The number of hydrogen-bond donors (Lipinski definition) is 2. The highest BCUT2D eigenvalue weighted by molar-refractivity contribution is 5.92. The predicted molar refractivity (Wildman–Crippen MR) is 113 cm³/mol. The number of halogens is 4. The van der Waals surface area contributed by atoms with Crippen LogP contribution in [-0.2, 0) is 29.0 Å². The van der Waals surface area contributed by atoms with Gasteiger partial charge in [0, 0.05) is 17.7 Å². The Hall–Kier alpha value is -3.95. The van der Waals surface area contributed by atoms with Crippen molar-refractivity contribution >= 4 is 17.6 Å². The number of pyridine rings is 1. The number of amides is 1. The van der Waals surface area contributed by atoms with Gasteiger partial charge in [0.25, 0.3) is 0 Å². The molecule has 0 unspecified atom stereocenters. The van der Waals surface area contributed by atoms with Crippen LogP contribution in [0.15, 0.2) is 79.1 Å². The van der Waals surface area contributed by atoms with E-state index in [-0.39, 0.29) is 5.69 Å². The Kier molecular flexibility index (Phi) is 7.50. The predicted octanol–water partition coefficient (Wildman–Crippen LogP) is 2.27. The molecule has 0 aliphatic heterocycles. The molecule has 6 nitrogen and oxygen atoms in total. The maximum Gasteiger partial charge on any atom is 0.393 e. The van der Waals surface area contributed by atoms with Crippen LogP contribution in [0, 0.1) is 0 Å². The van der Waals surface area contributed by atoms with Gasteiger partial charge in [0.1, 0.15) is 5.97 Å². The molecule has 178 valence electrons. The first-order chi connectivity index (χ1) is 16.1. The number of para-hydroxylation sites is 1. The Balaban J connectivity index is 1.60. The summed E-state index contributed by atoms with van der Waals surface area (Å²) in [5, 5.41) is 10.3. The Morgan fingerprint density at radius 3 is 2.06 bits per heavy atom. The summed E-state index contributed by atoms with van der Waals surface area (Å²) < 4.78 is 55.4. The molecule has 0 atom stereocenters. The molecule has 0 spiro atoms. The van der Waals surface area contributed by atoms with E-state index < -0.39 is 23.7 Å². The smallest absolute Gasteiger partial charge is 0.393 e. The van der Waals surface area contributed by atoms with Crippen LogP contribution in [0.4, 0.5) is 23.2 Å². The van der Waals surface area contributed by atoms with Crippen LogP contribution in [0.1, 0.15) is 16.7 Å². The largest absolute Gasteiger partial charge is 0.544 e. The van der Waals surface area contributed by atoms with Crippen LogP contribution >= 0.6 is 0 Å². The minimum absolute atomic E-state index is 0.207. The lowest BCUT2D eigenvalue weighted by Gasteiger charge is -2.26. The van der Waals surface area contributed by atoms with Crippen molar-refractivity contribution in [2.45, 2.75) is 31.2 Å². The summed E-state index contributed by atoms with van der Waals surface area (Å²) in [5.74, 6) is -17.0. The minimum Gasteiger partial charge on any atom is -0.544 e. The van der Waals surface area contributed by atoms with Gasteiger partial charge in [0.05, 0.1) is 5.69 Å². The highest BCUT2D eigenvalue weighted by Crippen LogP contribution is 2.34. The number of benzene rings is 2. The molecule has 2 aromatic carbocycles. The zero-order chi connectivity index (χ0) is 24.8. The molecule has 3 rings (SSSR count). The van der Waals surface area contributed by atoms with Crippen LogP contribution in [0.25, 0.3) is 0 Å². The van der Waals surface area contributed by atoms with Gasteiger partial charge in [-0.2, -0.15) is 17.6 Å². The molecular weight excluding hydrogens is 454 g/mol. The second kappa shape index (κ2) is 10.3. The lowest BCUT2D eigenvalue weighted by Crippen LogP contribution is -2.61. The molecule has 1 amide bonds. The van der Waals surface area contributed by atoms with Gasteiger partial charge in [-0.1, -0.05) is 48.5 Å². The number of rotatable bonds is 10. The van der Waals surface area contributed by atoms with Gasteiger partial charge < -0.3 is 9.90 Å². The van der Waals surface area contributed by atoms with Crippen molar-refractivity contribution in [3.63, 3.8) is 0 Å². The van der Waals surface area contributed by atoms with Crippen molar-refractivity contribution < 1.29 is 36.8 Å². The summed E-state index contributed by atoms with van der Waals surface area (Å²) in [6, 6.07) is 20.2. The lowest BCUT2D eigenvalue weighted by molar-refractivity contribution is -0.688. The molecule has 1 aromatic heterocycles. The average Bonchev–Trinajstić information content (AvgIpc) is 2.83. The Morgan fingerprint density at radius 2 is 1.41 bits per heavy atom. The third kappa shape index (κ3) is 5.69. The van der Waals surface area contributed by atoms with Gasteiger partial charge in [-0.15, -0.1) is 0 Å². The lowest BCUT2D eigenvalue weighted by atomic mass is 10.0. The molecule has 3 aromatic rings. The fraction of sp³-hybridized carbons (Fsp3) is 0.208. The quantitative estimate of drug-likeness (QED) is 0.268. The van der Waals surface area contributed by atoms with Crippen LogP contribution < -0.4 is 20.5 Å². The second-order valence-corrected chi connectivity index (χ2v) is 7.54. The molecule has 0 radical (unpaired) electrons. The van der Waals surface area contributed by atoms with Gasteiger partial charge >= 0.3 is 17.8 Å². The molecule has 0 aliphatic rings. The molecule has 0 saturated carbocycles. The number of carbonyl (C=O) groups is 2.